The van der Waals surface area contributed by atoms with Crippen molar-refractivity contribution in [3.8, 4) is 5.88 Å². The topological polar surface area (TPSA) is 66.9 Å². The lowest BCUT2D eigenvalue weighted by molar-refractivity contribution is 0.0293. The Hall–Kier alpha value is -2.18. The predicted molar refractivity (Wildman–Crippen MR) is 95.0 cm³/mol. The minimum absolute atomic E-state index is 0.134. The molecule has 134 valence electrons. The van der Waals surface area contributed by atoms with Gasteiger partial charge in [-0.3, -0.25) is 0 Å². The number of amides is 1. The third-order valence-electron chi connectivity index (χ3n) is 3.76. The molecule has 1 atom stereocenters. The van der Waals surface area contributed by atoms with Gasteiger partial charge in [0.15, 0.2) is 0 Å². The number of likely N-dealkylation sites (tertiary alicyclic amines) is 1. The van der Waals surface area contributed by atoms with Crippen molar-refractivity contribution < 1.29 is 14.3 Å². The van der Waals surface area contributed by atoms with Crippen LogP contribution in [0.2, 0.25) is 0 Å². The largest absolute Gasteiger partial charge is 0.479 e. The highest BCUT2D eigenvalue weighted by molar-refractivity contribution is 5.75. The molecule has 0 aliphatic carbocycles. The van der Waals surface area contributed by atoms with E-state index in [9.17, 15) is 4.79 Å². The molecule has 7 heteroatoms. The summed E-state index contributed by atoms with van der Waals surface area (Å²) in [5, 5.41) is 3.48. The first-order chi connectivity index (χ1) is 11.2. The van der Waals surface area contributed by atoms with E-state index in [0.29, 0.717) is 19.0 Å². The molecule has 1 aliphatic heterocycles. The Bertz CT molecular complexity index is 584. The average molecular weight is 336 g/mol. The summed E-state index contributed by atoms with van der Waals surface area (Å²) in [6.45, 7) is 6.90. The summed E-state index contributed by atoms with van der Waals surface area (Å²) < 4.78 is 10.8. The van der Waals surface area contributed by atoms with Crippen LogP contribution < -0.4 is 15.0 Å². The lowest BCUT2D eigenvalue weighted by Gasteiger charge is -2.25. The second kappa shape index (κ2) is 7.15. The fourth-order valence-electron chi connectivity index (χ4n) is 2.67. The van der Waals surface area contributed by atoms with E-state index < -0.39 is 5.60 Å². The van der Waals surface area contributed by atoms with Crippen molar-refractivity contribution in [3.63, 3.8) is 0 Å². The average Bonchev–Trinajstić information content (AvgIpc) is 2.94. The Balaban J connectivity index is 2.07. The molecule has 0 bridgehead atoms. The van der Waals surface area contributed by atoms with Crippen LogP contribution in [0.25, 0.3) is 0 Å². The van der Waals surface area contributed by atoms with Gasteiger partial charge in [0.25, 0.3) is 0 Å². The molecular formula is C17H28N4O3. The van der Waals surface area contributed by atoms with Gasteiger partial charge in [-0.2, -0.15) is 0 Å². The molecule has 1 aromatic rings. The van der Waals surface area contributed by atoms with Gasteiger partial charge in [0.05, 0.1) is 12.8 Å². The number of nitrogens with zero attached hydrogens (tertiary/aromatic N) is 3. The molecule has 0 aromatic carbocycles. The van der Waals surface area contributed by atoms with E-state index in [2.05, 4.69) is 10.3 Å². The second-order valence-corrected chi connectivity index (χ2v) is 7.17. The number of aromatic nitrogens is 1. The Morgan fingerprint density at radius 3 is 2.71 bits per heavy atom. The van der Waals surface area contributed by atoms with Gasteiger partial charge in [-0.1, -0.05) is 0 Å². The SMILES string of the molecule is COc1nccc(N(C)C)c1NC1CCN(C(=O)OC(C)(C)C)C1. The van der Waals surface area contributed by atoms with Gasteiger partial charge in [0.2, 0.25) is 5.88 Å². The van der Waals surface area contributed by atoms with Gasteiger partial charge in [0, 0.05) is 39.4 Å². The maximum Gasteiger partial charge on any atom is 0.410 e. The summed E-state index contributed by atoms with van der Waals surface area (Å²) in [5.74, 6) is 0.553. The predicted octanol–water partition coefficient (Wildman–Crippen LogP) is 2.58. The molecule has 2 rings (SSSR count). The standard InChI is InChI=1S/C17H28N4O3/c1-17(2,3)24-16(22)21-10-8-12(11-21)19-14-13(20(4)5)7-9-18-15(14)23-6/h7,9,12,19H,8,10-11H2,1-6H3. The molecular weight excluding hydrogens is 308 g/mol. The van der Waals surface area contributed by atoms with Crippen molar-refractivity contribution in [2.75, 3.05) is 44.5 Å². The smallest absolute Gasteiger partial charge is 0.410 e. The lowest BCUT2D eigenvalue weighted by atomic mass is 10.2. The zero-order valence-corrected chi connectivity index (χ0v) is 15.4. The number of hydrogen-bond donors (Lipinski definition) is 1. The van der Waals surface area contributed by atoms with Gasteiger partial charge in [-0.25, -0.2) is 9.78 Å². The van der Waals surface area contributed by atoms with E-state index in [1.54, 1.807) is 18.2 Å². The summed E-state index contributed by atoms with van der Waals surface area (Å²) in [7, 11) is 5.55. The van der Waals surface area contributed by atoms with Crippen molar-refractivity contribution >= 4 is 17.5 Å². The summed E-state index contributed by atoms with van der Waals surface area (Å²) in [4.78, 5) is 20.2. The van der Waals surface area contributed by atoms with Crippen molar-refractivity contribution in [1.29, 1.82) is 0 Å². The van der Waals surface area contributed by atoms with Crippen molar-refractivity contribution in [3.05, 3.63) is 12.3 Å². The van der Waals surface area contributed by atoms with Crippen LogP contribution in [0.1, 0.15) is 27.2 Å². The molecule has 1 aromatic heterocycles. The van der Waals surface area contributed by atoms with E-state index in [-0.39, 0.29) is 12.1 Å². The van der Waals surface area contributed by atoms with Crippen LogP contribution in [0.5, 0.6) is 5.88 Å². The van der Waals surface area contributed by atoms with Crippen LogP contribution in [0.3, 0.4) is 0 Å². The fourth-order valence-corrected chi connectivity index (χ4v) is 2.67. The van der Waals surface area contributed by atoms with E-state index in [1.165, 1.54) is 0 Å². The van der Waals surface area contributed by atoms with Crippen molar-refractivity contribution in [2.24, 2.45) is 0 Å². The molecule has 1 amide bonds. The molecule has 1 saturated heterocycles. The number of carbonyl (C=O) groups is 1. The quantitative estimate of drug-likeness (QED) is 0.911. The Morgan fingerprint density at radius 1 is 1.42 bits per heavy atom. The van der Waals surface area contributed by atoms with Gasteiger partial charge < -0.3 is 24.6 Å². The monoisotopic (exact) mass is 336 g/mol. The Labute approximate surface area is 143 Å². The van der Waals surface area contributed by atoms with E-state index >= 15 is 0 Å². The highest BCUT2D eigenvalue weighted by Gasteiger charge is 2.30. The third-order valence-corrected chi connectivity index (χ3v) is 3.76. The molecule has 1 fully saturated rings. The number of ether oxygens (including phenoxy) is 2. The van der Waals surface area contributed by atoms with Crippen LogP contribution in [-0.4, -0.2) is 61.9 Å². The van der Waals surface area contributed by atoms with Gasteiger partial charge in [-0.05, 0) is 33.3 Å². The molecule has 0 radical (unpaired) electrons. The van der Waals surface area contributed by atoms with E-state index in [0.717, 1.165) is 17.8 Å². The summed E-state index contributed by atoms with van der Waals surface area (Å²) in [5.41, 5.74) is 1.37. The first-order valence-corrected chi connectivity index (χ1v) is 8.16. The number of carbonyl (C=O) groups excluding carboxylic acids is 1. The van der Waals surface area contributed by atoms with Crippen LogP contribution in [-0.2, 0) is 4.74 Å². The molecule has 1 aliphatic rings. The van der Waals surface area contributed by atoms with E-state index in [1.807, 2.05) is 45.8 Å². The fraction of sp³-hybridized carbons (Fsp3) is 0.647. The summed E-state index contributed by atoms with van der Waals surface area (Å²) >= 11 is 0. The zero-order valence-electron chi connectivity index (χ0n) is 15.4. The molecule has 7 nitrogen and oxygen atoms in total. The minimum Gasteiger partial charge on any atom is -0.479 e. The first kappa shape index (κ1) is 18.2. The second-order valence-electron chi connectivity index (χ2n) is 7.17. The lowest BCUT2D eigenvalue weighted by Crippen LogP contribution is -2.36. The molecule has 0 spiro atoms. The maximum absolute atomic E-state index is 12.2. The van der Waals surface area contributed by atoms with E-state index in [4.69, 9.17) is 9.47 Å². The van der Waals surface area contributed by atoms with Crippen LogP contribution in [0.4, 0.5) is 16.2 Å². The number of anilines is 2. The van der Waals surface area contributed by atoms with Crippen LogP contribution in [0.15, 0.2) is 12.3 Å². The van der Waals surface area contributed by atoms with Gasteiger partial charge in [0.1, 0.15) is 11.3 Å². The van der Waals surface area contributed by atoms with Crippen molar-refractivity contribution in [2.45, 2.75) is 38.8 Å². The Kier molecular flexibility index (Phi) is 5.41. The molecule has 1 N–H and O–H groups in total. The number of rotatable bonds is 4. The van der Waals surface area contributed by atoms with Gasteiger partial charge >= 0.3 is 6.09 Å². The van der Waals surface area contributed by atoms with Crippen LogP contribution >= 0.6 is 0 Å². The minimum atomic E-state index is -0.479. The molecule has 0 saturated carbocycles. The summed E-state index contributed by atoms with van der Waals surface area (Å²) in [6, 6.07) is 2.07. The third kappa shape index (κ3) is 4.43. The molecule has 1 unspecified atom stereocenters. The van der Waals surface area contributed by atoms with Crippen LogP contribution in [0, 0.1) is 0 Å². The number of pyridine rings is 1. The van der Waals surface area contributed by atoms with Gasteiger partial charge in [-0.15, -0.1) is 0 Å². The van der Waals surface area contributed by atoms with Crippen molar-refractivity contribution in [1.82, 2.24) is 9.88 Å². The zero-order chi connectivity index (χ0) is 17.9. The maximum atomic E-state index is 12.2. The number of hydrogen-bond acceptors (Lipinski definition) is 6. The molecule has 24 heavy (non-hydrogen) atoms. The highest BCUT2D eigenvalue weighted by Crippen LogP contribution is 2.33. The number of nitrogens with one attached hydrogen (secondary N) is 1. The summed E-state index contributed by atoms with van der Waals surface area (Å²) in [6.07, 6.45) is 2.31. The number of methoxy groups -OCH3 is 1. The Morgan fingerprint density at radius 2 is 2.12 bits per heavy atom. The normalized spacial score (nSPS) is 17.6. The first-order valence-electron chi connectivity index (χ1n) is 8.16. The molecule has 2 heterocycles. The highest BCUT2D eigenvalue weighted by atomic mass is 16.6.